The predicted molar refractivity (Wildman–Crippen MR) is 58.6 cm³/mol. The smallest absolute Gasteiger partial charge is 0.0798 e. The quantitative estimate of drug-likeness (QED) is 0.757. The Morgan fingerprint density at radius 3 is 2.83 bits per heavy atom. The minimum Gasteiger partial charge on any atom is -0.388 e. The topological polar surface area (TPSA) is 20.2 Å². The Labute approximate surface area is 86.3 Å². The lowest BCUT2D eigenvalue weighted by Crippen LogP contribution is -2.17. The van der Waals surface area contributed by atoms with Crippen LogP contribution in [0.1, 0.15) is 19.8 Å². The van der Waals surface area contributed by atoms with Gasteiger partial charge >= 0.3 is 0 Å². The monoisotopic (exact) mass is 246 g/mol. The molecule has 1 nitrogen and oxygen atoms in total. The van der Waals surface area contributed by atoms with E-state index in [0.717, 1.165) is 27.8 Å². The second kappa shape index (κ2) is 4.30. The van der Waals surface area contributed by atoms with Crippen molar-refractivity contribution in [2.45, 2.75) is 25.9 Å². The van der Waals surface area contributed by atoms with Crippen LogP contribution in [-0.4, -0.2) is 16.1 Å². The van der Waals surface area contributed by atoms with Gasteiger partial charge in [-0.05, 0) is 12.0 Å². The Kier molecular flexibility index (Phi) is 3.62. The van der Waals surface area contributed by atoms with Gasteiger partial charge in [-0.2, -0.15) is 0 Å². The van der Waals surface area contributed by atoms with Gasteiger partial charge in [0.2, 0.25) is 0 Å². The molecule has 1 rings (SSSR count). The summed E-state index contributed by atoms with van der Waals surface area (Å²) in [7, 11) is 0. The lowest BCUT2D eigenvalue weighted by molar-refractivity contribution is 0.213. The summed E-state index contributed by atoms with van der Waals surface area (Å²) in [5.41, 5.74) is 0.899. The van der Waals surface area contributed by atoms with Crippen molar-refractivity contribution in [3.05, 3.63) is 22.2 Å². The number of rotatable bonds is 2. The summed E-state index contributed by atoms with van der Waals surface area (Å²) in [6.07, 6.45) is 4.92. The molecule has 0 saturated heterocycles. The average Bonchev–Trinajstić information content (AvgIpc) is 2.03. The third kappa shape index (κ3) is 2.25. The van der Waals surface area contributed by atoms with Crippen LogP contribution < -0.4 is 0 Å². The Hall–Kier alpha value is 0.01000. The molecule has 0 fully saturated rings. The molecule has 0 radical (unpaired) electrons. The van der Waals surface area contributed by atoms with Crippen LogP contribution in [0, 0.1) is 0 Å². The molecule has 0 spiro atoms. The SMILES string of the molecule is CCC(O)C1=CC=C(Br)CC1=S. The maximum atomic E-state index is 9.54. The van der Waals surface area contributed by atoms with E-state index in [1.807, 2.05) is 19.1 Å². The van der Waals surface area contributed by atoms with E-state index >= 15 is 0 Å². The molecule has 1 atom stereocenters. The maximum Gasteiger partial charge on any atom is 0.0798 e. The molecule has 0 heterocycles. The highest BCUT2D eigenvalue weighted by atomic mass is 79.9. The molecule has 1 aliphatic rings. The van der Waals surface area contributed by atoms with Gasteiger partial charge in [-0.15, -0.1) is 0 Å². The number of allylic oxidation sites excluding steroid dienone is 3. The van der Waals surface area contributed by atoms with Gasteiger partial charge < -0.3 is 5.11 Å². The Balaban J connectivity index is 2.82. The van der Waals surface area contributed by atoms with Crippen LogP contribution in [0.5, 0.6) is 0 Å². The summed E-state index contributed by atoms with van der Waals surface area (Å²) >= 11 is 8.52. The second-order valence-corrected chi connectivity index (χ2v) is 4.27. The highest BCUT2D eigenvalue weighted by molar-refractivity contribution is 9.11. The summed E-state index contributed by atoms with van der Waals surface area (Å²) in [6.45, 7) is 1.95. The van der Waals surface area contributed by atoms with Crippen molar-refractivity contribution in [3.63, 3.8) is 0 Å². The zero-order chi connectivity index (χ0) is 9.14. The molecular weight excluding hydrogens is 236 g/mol. The first kappa shape index (κ1) is 10.1. The van der Waals surface area contributed by atoms with Crippen molar-refractivity contribution in [1.29, 1.82) is 0 Å². The van der Waals surface area contributed by atoms with Crippen molar-refractivity contribution in [2.75, 3.05) is 0 Å². The van der Waals surface area contributed by atoms with Crippen LogP contribution in [0.15, 0.2) is 22.2 Å². The predicted octanol–water partition coefficient (Wildman–Crippen LogP) is 2.74. The van der Waals surface area contributed by atoms with Gasteiger partial charge in [0, 0.05) is 15.8 Å². The molecule has 0 aromatic rings. The number of aliphatic hydroxyl groups is 1. The van der Waals surface area contributed by atoms with Gasteiger partial charge in [0.1, 0.15) is 0 Å². The van der Waals surface area contributed by atoms with Crippen LogP contribution in [0.2, 0.25) is 0 Å². The number of aliphatic hydroxyl groups excluding tert-OH is 1. The number of hydrogen-bond donors (Lipinski definition) is 1. The third-order valence-corrected chi connectivity index (χ3v) is 2.77. The van der Waals surface area contributed by atoms with E-state index in [1.54, 1.807) is 0 Å². The van der Waals surface area contributed by atoms with Gasteiger partial charge in [-0.3, -0.25) is 0 Å². The van der Waals surface area contributed by atoms with E-state index in [-0.39, 0.29) is 0 Å². The Morgan fingerprint density at radius 2 is 2.33 bits per heavy atom. The van der Waals surface area contributed by atoms with Gasteiger partial charge in [0.25, 0.3) is 0 Å². The highest BCUT2D eigenvalue weighted by Gasteiger charge is 2.16. The van der Waals surface area contributed by atoms with E-state index in [0.29, 0.717) is 0 Å². The van der Waals surface area contributed by atoms with Crippen LogP contribution >= 0.6 is 28.1 Å². The fourth-order valence-electron chi connectivity index (χ4n) is 1.10. The van der Waals surface area contributed by atoms with Crippen molar-refractivity contribution >= 4 is 33.0 Å². The number of halogens is 1. The van der Waals surface area contributed by atoms with Crippen LogP contribution in [-0.2, 0) is 0 Å². The highest BCUT2D eigenvalue weighted by Crippen LogP contribution is 2.23. The number of hydrogen-bond acceptors (Lipinski definition) is 2. The molecule has 12 heavy (non-hydrogen) atoms. The lowest BCUT2D eigenvalue weighted by atomic mass is 9.98. The maximum absolute atomic E-state index is 9.54. The Morgan fingerprint density at radius 1 is 1.67 bits per heavy atom. The fraction of sp³-hybridized carbons (Fsp3) is 0.444. The van der Waals surface area contributed by atoms with Gasteiger partial charge in [-0.25, -0.2) is 0 Å². The minimum absolute atomic E-state index is 0.394. The molecule has 0 aromatic heterocycles. The molecule has 0 aliphatic heterocycles. The van der Waals surface area contributed by atoms with Crippen molar-refractivity contribution in [1.82, 2.24) is 0 Å². The summed E-state index contributed by atoms with van der Waals surface area (Å²) in [5, 5.41) is 9.54. The first-order valence-corrected chi connectivity index (χ1v) is 5.12. The summed E-state index contributed by atoms with van der Waals surface area (Å²) in [6, 6.07) is 0. The molecule has 0 saturated carbocycles. The van der Waals surface area contributed by atoms with E-state index in [4.69, 9.17) is 12.2 Å². The minimum atomic E-state index is -0.394. The average molecular weight is 247 g/mol. The fourth-order valence-corrected chi connectivity index (χ4v) is 2.06. The van der Waals surface area contributed by atoms with E-state index < -0.39 is 6.10 Å². The summed E-state index contributed by atoms with van der Waals surface area (Å²) < 4.78 is 1.08. The molecule has 0 aromatic carbocycles. The van der Waals surface area contributed by atoms with Crippen molar-refractivity contribution < 1.29 is 5.11 Å². The van der Waals surface area contributed by atoms with Crippen molar-refractivity contribution in [3.8, 4) is 0 Å². The van der Waals surface area contributed by atoms with E-state index in [1.165, 1.54) is 0 Å². The molecule has 0 amide bonds. The van der Waals surface area contributed by atoms with Gasteiger partial charge in [0.05, 0.1) is 6.10 Å². The number of thiocarbonyl (C=S) groups is 1. The molecule has 1 N–H and O–H groups in total. The van der Waals surface area contributed by atoms with E-state index in [9.17, 15) is 5.11 Å². The standard InChI is InChI=1S/C9H11BrOS/c1-2-8(11)7-4-3-6(10)5-9(7)12/h3-4,8,11H,2,5H2,1H3. The van der Waals surface area contributed by atoms with Crippen LogP contribution in [0.25, 0.3) is 0 Å². The van der Waals surface area contributed by atoms with Crippen LogP contribution in [0.3, 0.4) is 0 Å². The van der Waals surface area contributed by atoms with Crippen molar-refractivity contribution in [2.24, 2.45) is 0 Å². The first-order chi connectivity index (χ1) is 5.65. The molecule has 66 valence electrons. The first-order valence-electron chi connectivity index (χ1n) is 3.92. The molecule has 3 heteroatoms. The lowest BCUT2D eigenvalue weighted by Gasteiger charge is -2.16. The molecule has 0 bridgehead atoms. The zero-order valence-electron chi connectivity index (χ0n) is 6.88. The molecule has 1 aliphatic carbocycles. The van der Waals surface area contributed by atoms with E-state index in [2.05, 4.69) is 15.9 Å². The largest absolute Gasteiger partial charge is 0.388 e. The summed E-state index contributed by atoms with van der Waals surface area (Å²) in [5.74, 6) is 0. The second-order valence-electron chi connectivity index (χ2n) is 2.76. The Bertz CT molecular complexity index is 255. The van der Waals surface area contributed by atoms with Gasteiger partial charge in [-0.1, -0.05) is 47.2 Å². The van der Waals surface area contributed by atoms with Crippen LogP contribution in [0.4, 0.5) is 0 Å². The molecular formula is C9H11BrOS. The zero-order valence-corrected chi connectivity index (χ0v) is 9.28. The summed E-state index contributed by atoms with van der Waals surface area (Å²) in [4.78, 5) is 0.846. The molecule has 1 unspecified atom stereocenters. The van der Waals surface area contributed by atoms with Gasteiger partial charge in [0.15, 0.2) is 0 Å². The normalized spacial score (nSPS) is 20.1. The third-order valence-electron chi connectivity index (χ3n) is 1.84.